The van der Waals surface area contributed by atoms with Gasteiger partial charge in [-0.3, -0.25) is 4.79 Å². The zero-order valence-electron chi connectivity index (χ0n) is 16.7. The summed E-state index contributed by atoms with van der Waals surface area (Å²) in [4.78, 5) is 21.2. The second kappa shape index (κ2) is 7.64. The van der Waals surface area contributed by atoms with Crippen LogP contribution in [0.3, 0.4) is 0 Å². The Kier molecular flexibility index (Phi) is 5.21. The van der Waals surface area contributed by atoms with Crippen LogP contribution >= 0.6 is 11.3 Å². The van der Waals surface area contributed by atoms with Gasteiger partial charge in [0.25, 0.3) is 5.91 Å². The molecular weight excluding hydrogens is 370 g/mol. The summed E-state index contributed by atoms with van der Waals surface area (Å²) in [7, 11) is 4.22. The minimum Gasteiger partial charge on any atom is -0.350 e. The van der Waals surface area contributed by atoms with Crippen molar-refractivity contribution in [1.82, 2.24) is 25.0 Å². The van der Waals surface area contributed by atoms with Crippen molar-refractivity contribution >= 4 is 28.3 Å². The van der Waals surface area contributed by atoms with Crippen molar-refractivity contribution in [2.75, 3.05) is 20.6 Å². The van der Waals surface area contributed by atoms with Crippen molar-refractivity contribution in [2.24, 2.45) is 0 Å². The van der Waals surface area contributed by atoms with Gasteiger partial charge in [0.15, 0.2) is 5.65 Å². The number of hydrogen-bond donors (Lipinski definition) is 1. The van der Waals surface area contributed by atoms with Crippen molar-refractivity contribution in [3.8, 4) is 0 Å². The number of pyridine rings is 1. The molecule has 6 nitrogen and oxygen atoms in total. The van der Waals surface area contributed by atoms with Crippen LogP contribution in [0.25, 0.3) is 11.0 Å². The number of nitrogens with one attached hydrogen (secondary N) is 1. The van der Waals surface area contributed by atoms with E-state index in [1.54, 1.807) is 17.5 Å². The number of aryl methyl sites for hydroxylation is 1. The van der Waals surface area contributed by atoms with Crippen molar-refractivity contribution in [1.29, 1.82) is 0 Å². The number of carbonyl (C=O) groups excluding carboxylic acids is 1. The van der Waals surface area contributed by atoms with Gasteiger partial charge in [-0.05, 0) is 51.4 Å². The maximum absolute atomic E-state index is 13.1. The molecule has 4 rings (SSSR count). The first-order chi connectivity index (χ1) is 13.5. The summed E-state index contributed by atoms with van der Waals surface area (Å²) >= 11 is 1.70. The summed E-state index contributed by atoms with van der Waals surface area (Å²) < 4.78 is 1.88. The van der Waals surface area contributed by atoms with E-state index in [9.17, 15) is 4.79 Å². The van der Waals surface area contributed by atoms with Gasteiger partial charge in [-0.25, -0.2) is 9.67 Å². The predicted octanol–water partition coefficient (Wildman–Crippen LogP) is 3.45. The number of aromatic nitrogens is 3. The number of thiophene rings is 1. The molecule has 0 unspecified atom stereocenters. The molecule has 0 aromatic carbocycles. The van der Waals surface area contributed by atoms with E-state index in [0.717, 1.165) is 29.6 Å². The summed E-state index contributed by atoms with van der Waals surface area (Å²) in [6.45, 7) is 3.27. The molecule has 3 aromatic rings. The second-order valence-electron chi connectivity index (χ2n) is 7.94. The van der Waals surface area contributed by atoms with Crippen molar-refractivity contribution in [3.05, 3.63) is 45.9 Å². The van der Waals surface area contributed by atoms with E-state index in [1.165, 1.54) is 17.7 Å². The number of rotatable bonds is 6. The molecule has 0 atom stereocenters. The Balaban J connectivity index is 1.59. The van der Waals surface area contributed by atoms with Gasteiger partial charge in [0.1, 0.15) is 0 Å². The van der Waals surface area contributed by atoms with E-state index in [4.69, 9.17) is 0 Å². The zero-order valence-corrected chi connectivity index (χ0v) is 17.6. The molecule has 7 heteroatoms. The molecule has 3 heterocycles. The molecule has 0 spiro atoms. The smallest absolute Gasteiger partial charge is 0.252 e. The number of carbonyl (C=O) groups is 1. The molecule has 0 saturated heterocycles. The summed E-state index contributed by atoms with van der Waals surface area (Å²) in [5, 5.41) is 10.6. The van der Waals surface area contributed by atoms with Gasteiger partial charge in [-0.2, -0.15) is 5.10 Å². The first kappa shape index (κ1) is 19.1. The number of amides is 1. The fourth-order valence-corrected chi connectivity index (χ4v) is 4.87. The van der Waals surface area contributed by atoms with E-state index in [1.807, 2.05) is 23.7 Å². The molecule has 0 radical (unpaired) electrons. The van der Waals surface area contributed by atoms with Crippen LogP contribution in [0.4, 0.5) is 0 Å². The Morgan fingerprint density at radius 1 is 1.36 bits per heavy atom. The molecule has 3 aromatic heterocycles. The molecule has 1 aliphatic rings. The number of fused-ring (bicyclic) bond motifs is 1. The maximum Gasteiger partial charge on any atom is 0.252 e. The van der Waals surface area contributed by atoms with Crippen molar-refractivity contribution in [2.45, 2.75) is 44.7 Å². The van der Waals surface area contributed by atoms with E-state index in [-0.39, 0.29) is 11.4 Å². The lowest BCUT2D eigenvalue weighted by Crippen LogP contribution is -2.50. The fourth-order valence-electron chi connectivity index (χ4n) is 4.18. The van der Waals surface area contributed by atoms with Crippen LogP contribution in [-0.4, -0.2) is 51.8 Å². The molecule has 1 aliphatic carbocycles. The van der Waals surface area contributed by atoms with Crippen LogP contribution < -0.4 is 5.32 Å². The minimum atomic E-state index is -0.0423. The molecule has 1 amide bonds. The van der Waals surface area contributed by atoms with E-state index in [2.05, 4.69) is 45.8 Å². The van der Waals surface area contributed by atoms with Gasteiger partial charge in [-0.15, -0.1) is 11.3 Å². The Morgan fingerprint density at radius 2 is 2.14 bits per heavy atom. The topological polar surface area (TPSA) is 63.1 Å². The van der Waals surface area contributed by atoms with Gasteiger partial charge >= 0.3 is 0 Å². The van der Waals surface area contributed by atoms with E-state index >= 15 is 0 Å². The third-order valence-electron chi connectivity index (χ3n) is 5.93. The van der Waals surface area contributed by atoms with Gasteiger partial charge in [0, 0.05) is 22.7 Å². The molecule has 0 aliphatic heterocycles. The highest BCUT2D eigenvalue weighted by Gasteiger charge is 2.36. The second-order valence-corrected chi connectivity index (χ2v) is 8.97. The van der Waals surface area contributed by atoms with Crippen LogP contribution in [-0.2, 0) is 6.54 Å². The Bertz CT molecular complexity index is 970. The molecule has 1 fully saturated rings. The Morgan fingerprint density at radius 3 is 2.82 bits per heavy atom. The van der Waals surface area contributed by atoms with Gasteiger partial charge in [-0.1, -0.05) is 18.9 Å². The van der Waals surface area contributed by atoms with E-state index in [0.29, 0.717) is 18.7 Å². The standard InChI is InChI=1S/C21H27N5OS/c1-15-11-17(20(27)22-14-21(25(2)3)8-4-5-9-21)18-12-23-26(19(18)24-15)13-16-7-6-10-28-16/h6-7,10-12H,4-5,8-9,13-14H2,1-3H3,(H,22,27). The van der Waals surface area contributed by atoms with Crippen molar-refractivity contribution < 1.29 is 4.79 Å². The summed E-state index contributed by atoms with van der Waals surface area (Å²) in [6.07, 6.45) is 6.47. The van der Waals surface area contributed by atoms with Gasteiger partial charge in [0.2, 0.25) is 0 Å². The first-order valence-corrected chi connectivity index (χ1v) is 10.7. The van der Waals surface area contributed by atoms with Crippen LogP contribution in [0.2, 0.25) is 0 Å². The summed E-state index contributed by atoms with van der Waals surface area (Å²) in [5.41, 5.74) is 2.32. The van der Waals surface area contributed by atoms with Gasteiger partial charge in [0.05, 0.1) is 23.7 Å². The number of nitrogens with zero attached hydrogens (tertiary/aromatic N) is 4. The van der Waals surface area contributed by atoms with Crippen LogP contribution in [0, 0.1) is 6.92 Å². The average molecular weight is 398 g/mol. The number of hydrogen-bond acceptors (Lipinski definition) is 5. The summed E-state index contributed by atoms with van der Waals surface area (Å²) in [5.74, 6) is -0.0423. The minimum absolute atomic E-state index is 0.0423. The van der Waals surface area contributed by atoms with Gasteiger partial charge < -0.3 is 10.2 Å². The monoisotopic (exact) mass is 397 g/mol. The lowest BCUT2D eigenvalue weighted by Gasteiger charge is -2.36. The maximum atomic E-state index is 13.1. The average Bonchev–Trinajstić information content (AvgIpc) is 3.41. The van der Waals surface area contributed by atoms with E-state index < -0.39 is 0 Å². The highest BCUT2D eigenvalue weighted by Crippen LogP contribution is 2.33. The molecule has 1 saturated carbocycles. The lowest BCUT2D eigenvalue weighted by atomic mass is 9.96. The van der Waals surface area contributed by atoms with Crippen molar-refractivity contribution in [3.63, 3.8) is 0 Å². The normalized spacial score (nSPS) is 16.1. The Hall–Kier alpha value is -2.25. The largest absolute Gasteiger partial charge is 0.350 e. The first-order valence-electron chi connectivity index (χ1n) is 9.80. The van der Waals surface area contributed by atoms with Crippen LogP contribution in [0.15, 0.2) is 29.8 Å². The Labute approximate surface area is 169 Å². The molecule has 1 N–H and O–H groups in total. The molecular formula is C21H27N5OS. The lowest BCUT2D eigenvalue weighted by molar-refractivity contribution is 0.0901. The SMILES string of the molecule is Cc1cc(C(=O)NCC2(N(C)C)CCCC2)c2cnn(Cc3cccs3)c2n1. The predicted molar refractivity (Wildman–Crippen MR) is 113 cm³/mol. The zero-order chi connectivity index (χ0) is 19.7. The molecule has 148 valence electrons. The molecule has 28 heavy (non-hydrogen) atoms. The third kappa shape index (κ3) is 3.56. The highest BCUT2D eigenvalue weighted by molar-refractivity contribution is 7.09. The van der Waals surface area contributed by atoms with Crippen LogP contribution in [0.1, 0.15) is 46.6 Å². The highest BCUT2D eigenvalue weighted by atomic mass is 32.1. The van der Waals surface area contributed by atoms with Crippen LogP contribution in [0.5, 0.6) is 0 Å². The quantitative estimate of drug-likeness (QED) is 0.692. The molecule has 0 bridgehead atoms. The fraction of sp³-hybridized carbons (Fsp3) is 0.476. The third-order valence-corrected chi connectivity index (χ3v) is 6.79. The summed E-state index contributed by atoms with van der Waals surface area (Å²) in [6, 6.07) is 5.99. The number of likely N-dealkylation sites (N-methyl/N-ethyl adjacent to an activating group) is 1.